The van der Waals surface area contributed by atoms with E-state index < -0.39 is 18.1 Å². The summed E-state index contributed by atoms with van der Waals surface area (Å²) in [4.78, 5) is 23.9. The first-order valence-corrected chi connectivity index (χ1v) is 5.70. The third-order valence-electron chi connectivity index (χ3n) is 2.85. The van der Waals surface area contributed by atoms with Crippen LogP contribution in [0.4, 0.5) is 0 Å². The third kappa shape index (κ3) is 3.75. The van der Waals surface area contributed by atoms with Gasteiger partial charge < -0.3 is 15.1 Å². The highest BCUT2D eigenvalue weighted by molar-refractivity contribution is 5.84. The lowest BCUT2D eigenvalue weighted by Crippen LogP contribution is -2.40. The summed E-state index contributed by atoms with van der Waals surface area (Å²) in [6.45, 7) is 0.116. The molecule has 0 aromatic rings. The number of terminal acetylenes is 1. The minimum Gasteiger partial charge on any atom is -0.480 e. The highest BCUT2D eigenvalue weighted by Crippen LogP contribution is 2.19. The number of aliphatic carboxylic acids is 1. The van der Waals surface area contributed by atoms with Crippen molar-refractivity contribution in [3.05, 3.63) is 0 Å². The van der Waals surface area contributed by atoms with E-state index >= 15 is 0 Å². The molecule has 2 atom stereocenters. The maximum atomic E-state index is 11.8. The summed E-state index contributed by atoms with van der Waals surface area (Å²) in [6.07, 6.45) is 6.81. The Bertz CT molecular complexity index is 334. The summed E-state index contributed by atoms with van der Waals surface area (Å²) in [5.41, 5.74) is 0. The lowest BCUT2D eigenvalue weighted by molar-refractivity contribution is -0.148. The number of hydrogen-bond donors (Lipinski definition) is 2. The van der Waals surface area contributed by atoms with Crippen LogP contribution in [0.1, 0.15) is 32.1 Å². The highest BCUT2D eigenvalue weighted by Gasteiger charge is 2.38. The van der Waals surface area contributed by atoms with Crippen molar-refractivity contribution in [1.82, 2.24) is 4.90 Å². The van der Waals surface area contributed by atoms with E-state index in [1.807, 2.05) is 0 Å². The molecular formula is C12H17NO4. The van der Waals surface area contributed by atoms with E-state index in [0.29, 0.717) is 12.8 Å². The van der Waals surface area contributed by atoms with Gasteiger partial charge >= 0.3 is 5.97 Å². The smallest absolute Gasteiger partial charge is 0.326 e. The van der Waals surface area contributed by atoms with Gasteiger partial charge in [0, 0.05) is 25.8 Å². The summed E-state index contributed by atoms with van der Waals surface area (Å²) in [6, 6.07) is -0.884. The first kappa shape index (κ1) is 13.5. The van der Waals surface area contributed by atoms with Gasteiger partial charge in [-0.05, 0) is 12.8 Å². The number of carboxylic acids is 1. The number of hydrogen-bond acceptors (Lipinski definition) is 3. The van der Waals surface area contributed by atoms with Crippen molar-refractivity contribution in [1.29, 1.82) is 0 Å². The van der Waals surface area contributed by atoms with E-state index in [2.05, 4.69) is 5.92 Å². The predicted molar refractivity (Wildman–Crippen MR) is 61.1 cm³/mol. The fraction of sp³-hybridized carbons (Fsp3) is 0.667. The molecule has 5 heteroatoms. The van der Waals surface area contributed by atoms with Gasteiger partial charge in [-0.1, -0.05) is 0 Å². The maximum absolute atomic E-state index is 11.8. The SMILES string of the molecule is C#CCCCCC(=O)N1C[C@H](O)C[C@@H]1C(=O)O. The Morgan fingerprint density at radius 2 is 2.12 bits per heavy atom. The Morgan fingerprint density at radius 3 is 2.71 bits per heavy atom. The van der Waals surface area contributed by atoms with Gasteiger partial charge in [0.2, 0.25) is 5.91 Å². The molecule has 1 fully saturated rings. The summed E-state index contributed by atoms with van der Waals surface area (Å²) >= 11 is 0. The van der Waals surface area contributed by atoms with Gasteiger partial charge in [-0.25, -0.2) is 4.79 Å². The van der Waals surface area contributed by atoms with E-state index in [1.54, 1.807) is 0 Å². The molecule has 1 rings (SSSR count). The summed E-state index contributed by atoms with van der Waals surface area (Å²) in [7, 11) is 0. The second kappa shape index (κ2) is 6.26. The molecule has 5 nitrogen and oxygen atoms in total. The average Bonchev–Trinajstić information content (AvgIpc) is 2.66. The van der Waals surface area contributed by atoms with Crippen LogP contribution in [-0.4, -0.2) is 45.7 Å². The molecule has 0 spiro atoms. The fourth-order valence-electron chi connectivity index (χ4n) is 1.97. The second-order valence-electron chi connectivity index (χ2n) is 4.20. The van der Waals surface area contributed by atoms with Gasteiger partial charge in [-0.15, -0.1) is 12.3 Å². The second-order valence-corrected chi connectivity index (χ2v) is 4.20. The zero-order valence-corrected chi connectivity index (χ0v) is 9.63. The Labute approximate surface area is 100 Å². The molecule has 17 heavy (non-hydrogen) atoms. The Morgan fingerprint density at radius 1 is 1.41 bits per heavy atom. The lowest BCUT2D eigenvalue weighted by atomic mass is 10.1. The van der Waals surface area contributed by atoms with Crippen LogP contribution in [0.2, 0.25) is 0 Å². The molecule has 0 bridgehead atoms. The van der Waals surface area contributed by atoms with E-state index in [4.69, 9.17) is 11.5 Å². The lowest BCUT2D eigenvalue weighted by Gasteiger charge is -2.20. The zero-order chi connectivity index (χ0) is 12.8. The van der Waals surface area contributed by atoms with E-state index in [9.17, 15) is 14.7 Å². The van der Waals surface area contributed by atoms with Gasteiger partial charge in [-0.3, -0.25) is 4.79 Å². The third-order valence-corrected chi connectivity index (χ3v) is 2.85. The number of rotatable bonds is 5. The number of carbonyl (C=O) groups is 2. The number of amides is 1. The normalized spacial score (nSPS) is 23.4. The first-order valence-electron chi connectivity index (χ1n) is 5.70. The van der Waals surface area contributed by atoms with Crippen LogP contribution in [-0.2, 0) is 9.59 Å². The Hall–Kier alpha value is -1.54. The van der Waals surface area contributed by atoms with Crippen molar-refractivity contribution in [2.24, 2.45) is 0 Å². The number of aliphatic hydroxyl groups excluding tert-OH is 1. The van der Waals surface area contributed by atoms with E-state index in [0.717, 1.165) is 6.42 Å². The van der Waals surface area contributed by atoms with Crippen LogP contribution in [0.3, 0.4) is 0 Å². The number of carbonyl (C=O) groups excluding carboxylic acids is 1. The Balaban J connectivity index is 2.44. The quantitative estimate of drug-likeness (QED) is 0.531. The molecule has 0 aliphatic carbocycles. The average molecular weight is 239 g/mol. The number of aliphatic hydroxyl groups is 1. The monoisotopic (exact) mass is 239 g/mol. The predicted octanol–water partition coefficient (Wildman–Crippen LogP) is 0.226. The molecule has 0 unspecified atom stereocenters. The van der Waals surface area contributed by atoms with Crippen molar-refractivity contribution in [2.75, 3.05) is 6.54 Å². The summed E-state index contributed by atoms with van der Waals surface area (Å²) in [5.74, 6) is 1.21. The number of carboxylic acid groups (broad SMARTS) is 1. The van der Waals surface area contributed by atoms with E-state index in [1.165, 1.54) is 4.90 Å². The van der Waals surface area contributed by atoms with Crippen LogP contribution in [0.25, 0.3) is 0 Å². The van der Waals surface area contributed by atoms with Gasteiger partial charge in [0.25, 0.3) is 0 Å². The number of unbranched alkanes of at least 4 members (excludes halogenated alkanes) is 2. The van der Waals surface area contributed by atoms with Crippen LogP contribution in [0, 0.1) is 12.3 Å². The standard InChI is InChI=1S/C12H17NO4/c1-2-3-4-5-6-11(15)13-8-9(14)7-10(13)12(16)17/h1,9-10,14H,3-8H2,(H,16,17)/t9-,10-/m1/s1. The summed E-state index contributed by atoms with van der Waals surface area (Å²) < 4.78 is 0. The molecular weight excluding hydrogens is 222 g/mol. The zero-order valence-electron chi connectivity index (χ0n) is 9.63. The molecule has 1 aliphatic rings. The number of likely N-dealkylation sites (tertiary alicyclic amines) is 1. The van der Waals surface area contributed by atoms with Gasteiger partial charge in [0.1, 0.15) is 6.04 Å². The number of β-amino-alcohol motifs (C(OH)–C–C–N with tert-alkyl or cyclic N) is 1. The molecule has 0 aromatic heterocycles. The van der Waals surface area contributed by atoms with Crippen LogP contribution in [0.15, 0.2) is 0 Å². The topological polar surface area (TPSA) is 77.8 Å². The Kier molecular flexibility index (Phi) is 4.98. The molecule has 0 aromatic carbocycles. The molecule has 1 amide bonds. The molecule has 1 aliphatic heterocycles. The largest absolute Gasteiger partial charge is 0.480 e. The van der Waals surface area contributed by atoms with Crippen molar-refractivity contribution in [3.8, 4) is 12.3 Å². The first-order chi connectivity index (χ1) is 8.06. The maximum Gasteiger partial charge on any atom is 0.326 e. The molecule has 1 heterocycles. The summed E-state index contributed by atoms with van der Waals surface area (Å²) in [5, 5.41) is 18.3. The van der Waals surface area contributed by atoms with Gasteiger partial charge in [0.15, 0.2) is 0 Å². The van der Waals surface area contributed by atoms with Crippen LogP contribution < -0.4 is 0 Å². The molecule has 0 radical (unpaired) electrons. The molecule has 2 N–H and O–H groups in total. The number of nitrogens with zero attached hydrogens (tertiary/aromatic N) is 1. The minimum atomic E-state index is -1.06. The van der Waals surface area contributed by atoms with Crippen molar-refractivity contribution < 1.29 is 19.8 Å². The fourth-order valence-corrected chi connectivity index (χ4v) is 1.97. The van der Waals surface area contributed by atoms with Crippen molar-refractivity contribution in [2.45, 2.75) is 44.2 Å². The minimum absolute atomic E-state index is 0.116. The van der Waals surface area contributed by atoms with Crippen molar-refractivity contribution in [3.63, 3.8) is 0 Å². The van der Waals surface area contributed by atoms with Crippen molar-refractivity contribution >= 4 is 11.9 Å². The van der Waals surface area contributed by atoms with E-state index in [-0.39, 0.29) is 25.3 Å². The molecule has 94 valence electrons. The highest BCUT2D eigenvalue weighted by atomic mass is 16.4. The van der Waals surface area contributed by atoms with Crippen LogP contribution in [0.5, 0.6) is 0 Å². The van der Waals surface area contributed by atoms with Gasteiger partial charge in [0.05, 0.1) is 6.10 Å². The molecule has 1 saturated heterocycles. The molecule has 0 saturated carbocycles. The van der Waals surface area contributed by atoms with Gasteiger partial charge in [-0.2, -0.15) is 0 Å². The van der Waals surface area contributed by atoms with Crippen LogP contribution >= 0.6 is 0 Å².